The third kappa shape index (κ3) is 9.17. The number of hydrogen-bond acceptors (Lipinski definition) is 4. The van der Waals surface area contributed by atoms with E-state index in [1.807, 2.05) is 21.1 Å². The summed E-state index contributed by atoms with van der Waals surface area (Å²) in [6.45, 7) is 1.76. The summed E-state index contributed by atoms with van der Waals surface area (Å²) in [4.78, 5) is 26.0. The lowest BCUT2D eigenvalue weighted by Crippen LogP contribution is -2.46. The number of nitrogens with one attached hydrogen (secondary N) is 1. The van der Waals surface area contributed by atoms with Gasteiger partial charge in [-0.2, -0.15) is 0 Å². The maximum absolute atomic E-state index is 10.6. The van der Waals surface area contributed by atoms with Crippen molar-refractivity contribution in [3.05, 3.63) is 0 Å². The van der Waals surface area contributed by atoms with Crippen molar-refractivity contribution in [2.24, 2.45) is 0 Å². The number of quaternary nitrogens is 1. The van der Waals surface area contributed by atoms with Crippen molar-refractivity contribution in [3.63, 3.8) is 0 Å². The molecule has 0 spiro atoms. The first-order valence-corrected chi connectivity index (χ1v) is 4.63. The Morgan fingerprint density at radius 2 is 1.93 bits per heavy atom. The monoisotopic (exact) mass is 218 g/mol. The highest BCUT2D eigenvalue weighted by atomic mass is 16.7. The Morgan fingerprint density at radius 1 is 1.40 bits per heavy atom. The van der Waals surface area contributed by atoms with E-state index in [0.29, 0.717) is 11.0 Å². The van der Waals surface area contributed by atoms with E-state index in [0.717, 1.165) is 0 Å². The molecule has 0 aliphatic rings. The number of aliphatic carboxylic acids is 1. The Labute approximate surface area is 89.4 Å². The summed E-state index contributed by atoms with van der Waals surface area (Å²) >= 11 is 0. The second-order valence-electron chi connectivity index (χ2n) is 4.45. The summed E-state index contributed by atoms with van der Waals surface area (Å²) < 4.78 is 0.539. The first-order valence-electron chi connectivity index (χ1n) is 4.63. The molecule has 1 N–H and O–H groups in total. The van der Waals surface area contributed by atoms with Crippen molar-refractivity contribution >= 4 is 11.9 Å². The van der Waals surface area contributed by atoms with Gasteiger partial charge in [0.2, 0.25) is 5.91 Å². The van der Waals surface area contributed by atoms with E-state index in [2.05, 4.69) is 5.48 Å². The highest BCUT2D eigenvalue weighted by Crippen LogP contribution is 2.02. The number of rotatable bonds is 6. The number of hydrogen-bond donors (Lipinski definition) is 1. The summed E-state index contributed by atoms with van der Waals surface area (Å²) in [7, 11) is 5.71. The van der Waals surface area contributed by atoms with Gasteiger partial charge in [0.25, 0.3) is 0 Å². The van der Waals surface area contributed by atoms with E-state index in [9.17, 15) is 14.7 Å². The number of likely N-dealkylation sites (N-methyl/N-ethyl adjacent to an activating group) is 1. The molecule has 6 nitrogen and oxygen atoms in total. The number of carboxylic acids is 1. The first kappa shape index (κ1) is 13.9. The molecule has 0 aromatic rings. The number of nitrogens with zero attached hydrogens (tertiary/aromatic N) is 1. The van der Waals surface area contributed by atoms with Crippen molar-refractivity contribution in [2.45, 2.75) is 19.4 Å². The maximum atomic E-state index is 10.6. The van der Waals surface area contributed by atoms with Gasteiger partial charge in [0.05, 0.1) is 21.1 Å². The van der Waals surface area contributed by atoms with E-state index < -0.39 is 12.1 Å². The molecule has 0 aromatic carbocycles. The fourth-order valence-electron chi connectivity index (χ4n) is 1.11. The van der Waals surface area contributed by atoms with Crippen LogP contribution in [0, 0.1) is 0 Å². The molecule has 0 aliphatic carbocycles. The molecule has 15 heavy (non-hydrogen) atoms. The number of amides is 1. The van der Waals surface area contributed by atoms with E-state index >= 15 is 0 Å². The molecule has 0 radical (unpaired) electrons. The number of hydroxylamine groups is 1. The SMILES string of the molecule is CC(=O)NOC(CC(=O)[O-])C[N+](C)(C)C. The molecule has 0 saturated heterocycles. The van der Waals surface area contributed by atoms with Gasteiger partial charge in [0.15, 0.2) is 0 Å². The van der Waals surface area contributed by atoms with Crippen molar-refractivity contribution in [1.82, 2.24) is 5.48 Å². The minimum Gasteiger partial charge on any atom is -0.550 e. The fraction of sp³-hybridized carbons (Fsp3) is 0.778. The zero-order chi connectivity index (χ0) is 12.1. The largest absolute Gasteiger partial charge is 0.550 e. The molecule has 0 aliphatic heterocycles. The maximum Gasteiger partial charge on any atom is 0.240 e. The van der Waals surface area contributed by atoms with Gasteiger partial charge in [0, 0.05) is 19.3 Å². The van der Waals surface area contributed by atoms with Crippen molar-refractivity contribution < 1.29 is 24.0 Å². The Hall–Kier alpha value is -1.14. The number of carboxylic acid groups (broad SMARTS) is 1. The second kappa shape index (κ2) is 5.67. The molecule has 1 atom stereocenters. The second-order valence-corrected chi connectivity index (χ2v) is 4.45. The van der Waals surface area contributed by atoms with Crippen LogP contribution in [0.15, 0.2) is 0 Å². The lowest BCUT2D eigenvalue weighted by Gasteiger charge is -2.28. The van der Waals surface area contributed by atoms with Gasteiger partial charge in [-0.1, -0.05) is 0 Å². The van der Waals surface area contributed by atoms with Gasteiger partial charge in [0.1, 0.15) is 12.6 Å². The van der Waals surface area contributed by atoms with Crippen LogP contribution in [0.25, 0.3) is 0 Å². The molecule has 0 bridgehead atoms. The Bertz CT molecular complexity index is 235. The zero-order valence-corrected chi connectivity index (χ0v) is 9.57. The smallest absolute Gasteiger partial charge is 0.240 e. The predicted molar refractivity (Wildman–Crippen MR) is 51.2 cm³/mol. The third-order valence-electron chi connectivity index (χ3n) is 1.52. The van der Waals surface area contributed by atoms with E-state index in [4.69, 9.17) is 4.84 Å². The van der Waals surface area contributed by atoms with Crippen LogP contribution in [-0.4, -0.2) is 50.2 Å². The Kier molecular flexibility index (Phi) is 5.24. The third-order valence-corrected chi connectivity index (χ3v) is 1.52. The van der Waals surface area contributed by atoms with Gasteiger partial charge >= 0.3 is 0 Å². The first-order chi connectivity index (χ1) is 6.70. The summed E-state index contributed by atoms with van der Waals surface area (Å²) in [6, 6.07) is 0. The molecule has 0 rings (SSSR count). The lowest BCUT2D eigenvalue weighted by molar-refractivity contribution is -0.873. The quantitative estimate of drug-likeness (QED) is 0.424. The summed E-state index contributed by atoms with van der Waals surface area (Å²) in [6.07, 6.45) is -0.825. The van der Waals surface area contributed by atoms with Crippen LogP contribution >= 0.6 is 0 Å². The summed E-state index contributed by atoms with van der Waals surface area (Å²) in [5.41, 5.74) is 2.13. The fourth-order valence-corrected chi connectivity index (χ4v) is 1.11. The van der Waals surface area contributed by atoms with Crippen LogP contribution < -0.4 is 10.6 Å². The molecule has 0 fully saturated rings. The normalized spacial score (nSPS) is 13.3. The topological polar surface area (TPSA) is 78.5 Å². The predicted octanol–water partition coefficient (Wildman–Crippen LogP) is -1.73. The highest BCUT2D eigenvalue weighted by Gasteiger charge is 2.19. The molecule has 6 heteroatoms. The van der Waals surface area contributed by atoms with Crippen LogP contribution in [0.3, 0.4) is 0 Å². The molecule has 88 valence electrons. The van der Waals surface area contributed by atoms with E-state index in [-0.39, 0.29) is 12.3 Å². The zero-order valence-electron chi connectivity index (χ0n) is 9.57. The average molecular weight is 218 g/mol. The molecular formula is C9H18N2O4. The molecule has 0 heterocycles. The van der Waals surface area contributed by atoms with Crippen LogP contribution in [0.1, 0.15) is 13.3 Å². The molecule has 0 saturated carbocycles. The van der Waals surface area contributed by atoms with Gasteiger partial charge in [-0.15, -0.1) is 0 Å². The van der Waals surface area contributed by atoms with Crippen LogP contribution in [0.2, 0.25) is 0 Å². The van der Waals surface area contributed by atoms with Gasteiger partial charge in [-0.3, -0.25) is 9.63 Å². The average Bonchev–Trinajstić information content (AvgIpc) is 1.95. The van der Waals surface area contributed by atoms with Gasteiger partial charge < -0.3 is 14.4 Å². The number of carbonyl (C=O) groups is 2. The van der Waals surface area contributed by atoms with Crippen LogP contribution in [0.4, 0.5) is 0 Å². The summed E-state index contributed by atoms with van der Waals surface area (Å²) in [5, 5.41) is 10.4. The van der Waals surface area contributed by atoms with Crippen molar-refractivity contribution in [2.75, 3.05) is 27.7 Å². The van der Waals surface area contributed by atoms with Gasteiger partial charge in [-0.25, -0.2) is 5.48 Å². The van der Waals surface area contributed by atoms with Crippen molar-refractivity contribution in [3.8, 4) is 0 Å². The van der Waals surface area contributed by atoms with Crippen molar-refractivity contribution in [1.29, 1.82) is 0 Å². The van der Waals surface area contributed by atoms with E-state index in [1.54, 1.807) is 0 Å². The summed E-state index contributed by atoms with van der Waals surface area (Å²) in [5.74, 6) is -1.56. The van der Waals surface area contributed by atoms with E-state index in [1.165, 1.54) is 6.92 Å². The Balaban J connectivity index is 4.18. The Morgan fingerprint density at radius 3 is 2.27 bits per heavy atom. The minimum atomic E-state index is -1.20. The van der Waals surface area contributed by atoms with Crippen LogP contribution in [0.5, 0.6) is 0 Å². The van der Waals surface area contributed by atoms with Crippen LogP contribution in [-0.2, 0) is 14.4 Å². The standard InChI is InChI=1S/C9H18N2O4/c1-7(12)10-15-8(5-9(13)14)6-11(2,3)4/h8H,5-6H2,1-4H3,(H-,10,12,13,14). The molecule has 1 amide bonds. The molecular weight excluding hydrogens is 200 g/mol. The van der Waals surface area contributed by atoms with Gasteiger partial charge in [-0.05, 0) is 0 Å². The highest BCUT2D eigenvalue weighted by molar-refractivity contribution is 5.71. The number of carbonyl (C=O) groups excluding carboxylic acids is 2. The molecule has 1 unspecified atom stereocenters. The minimum absolute atomic E-state index is 0.240. The molecule has 0 aromatic heterocycles. The lowest BCUT2D eigenvalue weighted by atomic mass is 10.2.